The van der Waals surface area contributed by atoms with E-state index in [1.165, 1.54) is 0 Å². The van der Waals surface area contributed by atoms with Crippen molar-refractivity contribution in [3.63, 3.8) is 0 Å². The van der Waals surface area contributed by atoms with Crippen LogP contribution < -0.4 is 5.32 Å². The van der Waals surface area contributed by atoms with Crippen molar-refractivity contribution in [1.29, 1.82) is 0 Å². The molecule has 70 valence electrons. The van der Waals surface area contributed by atoms with E-state index < -0.39 is 0 Å². The van der Waals surface area contributed by atoms with Crippen LogP contribution in [0.25, 0.3) is 0 Å². The van der Waals surface area contributed by atoms with Gasteiger partial charge in [0.05, 0.1) is 5.69 Å². The van der Waals surface area contributed by atoms with Crippen molar-refractivity contribution in [2.75, 3.05) is 16.8 Å². The van der Waals surface area contributed by atoms with E-state index >= 15 is 0 Å². The van der Waals surface area contributed by atoms with Crippen molar-refractivity contribution in [3.8, 4) is 0 Å². The zero-order valence-corrected chi connectivity index (χ0v) is 8.79. The van der Waals surface area contributed by atoms with Gasteiger partial charge in [0.15, 0.2) is 0 Å². The van der Waals surface area contributed by atoms with Crippen LogP contribution in [0.1, 0.15) is 6.42 Å². The van der Waals surface area contributed by atoms with Crippen LogP contribution in [0.5, 0.6) is 0 Å². The van der Waals surface area contributed by atoms with Gasteiger partial charge in [0, 0.05) is 17.1 Å². The highest BCUT2D eigenvalue weighted by atomic mass is 32.2. The van der Waals surface area contributed by atoms with Crippen LogP contribution in [0, 0.1) is 5.92 Å². The average molecular weight is 213 g/mol. The quantitative estimate of drug-likeness (QED) is 0.817. The number of nitrogens with one attached hydrogen (secondary N) is 1. The van der Waals surface area contributed by atoms with Crippen LogP contribution >= 0.6 is 23.1 Å². The number of anilines is 1. The first-order valence-electron chi connectivity index (χ1n) is 4.27. The van der Waals surface area contributed by atoms with E-state index in [0.717, 1.165) is 23.6 Å². The Bertz CT molecular complexity index is 278. The molecule has 0 saturated carbocycles. The Morgan fingerprint density at radius 2 is 2.54 bits per heavy atom. The molecule has 0 aliphatic carbocycles. The minimum absolute atomic E-state index is 0.184. The van der Waals surface area contributed by atoms with Crippen molar-refractivity contribution in [1.82, 2.24) is 0 Å². The van der Waals surface area contributed by atoms with E-state index in [9.17, 15) is 4.79 Å². The number of thioether (sulfide) groups is 1. The van der Waals surface area contributed by atoms with Crippen LogP contribution in [0.4, 0.5) is 5.69 Å². The van der Waals surface area contributed by atoms with Crippen molar-refractivity contribution in [2.24, 2.45) is 5.92 Å². The van der Waals surface area contributed by atoms with Gasteiger partial charge in [0.25, 0.3) is 0 Å². The van der Waals surface area contributed by atoms with Gasteiger partial charge < -0.3 is 5.32 Å². The molecule has 0 spiro atoms. The van der Waals surface area contributed by atoms with Crippen molar-refractivity contribution in [3.05, 3.63) is 16.8 Å². The van der Waals surface area contributed by atoms with E-state index in [4.69, 9.17) is 0 Å². The lowest BCUT2D eigenvalue weighted by Crippen LogP contribution is -2.21. The van der Waals surface area contributed by atoms with Crippen LogP contribution in [0.3, 0.4) is 0 Å². The third kappa shape index (κ3) is 2.25. The summed E-state index contributed by atoms with van der Waals surface area (Å²) in [6.07, 6.45) is 1.03. The third-order valence-electron chi connectivity index (χ3n) is 2.09. The molecular formula is C9H11NOS2. The van der Waals surface area contributed by atoms with Gasteiger partial charge in [-0.05, 0) is 23.6 Å². The maximum absolute atomic E-state index is 11.6. The van der Waals surface area contributed by atoms with Gasteiger partial charge in [-0.15, -0.1) is 0 Å². The molecule has 1 saturated heterocycles. The Balaban J connectivity index is 1.91. The molecule has 0 aromatic carbocycles. The van der Waals surface area contributed by atoms with Crippen LogP contribution in [-0.4, -0.2) is 17.4 Å². The smallest absolute Gasteiger partial charge is 0.228 e. The summed E-state index contributed by atoms with van der Waals surface area (Å²) in [5, 5.41) is 6.85. The lowest BCUT2D eigenvalue weighted by Gasteiger charge is -2.07. The number of hydrogen-bond donors (Lipinski definition) is 1. The molecule has 1 N–H and O–H groups in total. The molecule has 0 radical (unpaired) electrons. The van der Waals surface area contributed by atoms with Gasteiger partial charge >= 0.3 is 0 Å². The monoisotopic (exact) mass is 213 g/mol. The van der Waals surface area contributed by atoms with Crippen LogP contribution in [-0.2, 0) is 4.79 Å². The minimum atomic E-state index is 0.184. The average Bonchev–Trinajstić information content (AvgIpc) is 2.74. The maximum Gasteiger partial charge on any atom is 0.228 e. The summed E-state index contributed by atoms with van der Waals surface area (Å²) in [4.78, 5) is 11.6. The number of amides is 1. The van der Waals surface area contributed by atoms with E-state index in [2.05, 4.69) is 5.32 Å². The SMILES string of the molecule is O=C(Nc1ccsc1)C1CCSC1. The third-order valence-corrected chi connectivity index (χ3v) is 3.93. The van der Waals surface area contributed by atoms with Gasteiger partial charge in [-0.3, -0.25) is 4.79 Å². The highest BCUT2D eigenvalue weighted by Crippen LogP contribution is 2.24. The first-order valence-corrected chi connectivity index (χ1v) is 6.37. The molecule has 0 bridgehead atoms. The summed E-state index contributed by atoms with van der Waals surface area (Å²) < 4.78 is 0. The fraction of sp³-hybridized carbons (Fsp3) is 0.444. The second-order valence-electron chi connectivity index (χ2n) is 3.06. The maximum atomic E-state index is 11.6. The molecule has 1 amide bonds. The zero-order chi connectivity index (χ0) is 9.10. The lowest BCUT2D eigenvalue weighted by molar-refractivity contribution is -0.119. The van der Waals surface area contributed by atoms with Gasteiger partial charge in [-0.2, -0.15) is 23.1 Å². The van der Waals surface area contributed by atoms with E-state index in [-0.39, 0.29) is 11.8 Å². The number of thiophene rings is 1. The van der Waals surface area contributed by atoms with Gasteiger partial charge in [0.1, 0.15) is 0 Å². The highest BCUT2D eigenvalue weighted by molar-refractivity contribution is 7.99. The molecule has 2 rings (SSSR count). The molecule has 1 aliphatic heterocycles. The first-order chi connectivity index (χ1) is 6.36. The Morgan fingerprint density at radius 1 is 1.62 bits per heavy atom. The topological polar surface area (TPSA) is 29.1 Å². The Hall–Kier alpha value is -0.480. The number of carbonyl (C=O) groups excluding carboxylic acids is 1. The zero-order valence-electron chi connectivity index (χ0n) is 7.16. The fourth-order valence-electron chi connectivity index (χ4n) is 1.32. The molecule has 1 aliphatic rings. The second kappa shape index (κ2) is 4.15. The van der Waals surface area contributed by atoms with E-state index in [1.54, 1.807) is 11.3 Å². The molecule has 1 aromatic rings. The summed E-state index contributed by atoms with van der Waals surface area (Å²) in [6.45, 7) is 0. The van der Waals surface area contributed by atoms with Gasteiger partial charge in [-0.25, -0.2) is 0 Å². The lowest BCUT2D eigenvalue weighted by atomic mass is 10.1. The summed E-state index contributed by atoms with van der Waals surface area (Å²) in [5.74, 6) is 2.52. The van der Waals surface area contributed by atoms with E-state index in [0.29, 0.717) is 0 Å². The Labute approximate surface area is 85.7 Å². The van der Waals surface area contributed by atoms with Gasteiger partial charge in [0.2, 0.25) is 5.91 Å². The molecule has 2 heterocycles. The first kappa shape index (κ1) is 9.09. The molecule has 1 fully saturated rings. The second-order valence-corrected chi connectivity index (χ2v) is 4.99. The molecule has 1 atom stereocenters. The Kier molecular flexibility index (Phi) is 2.90. The van der Waals surface area contributed by atoms with E-state index in [1.807, 2.05) is 28.6 Å². The van der Waals surface area contributed by atoms with Crippen LogP contribution in [0.2, 0.25) is 0 Å². The number of hydrogen-bond acceptors (Lipinski definition) is 3. The fourth-order valence-corrected chi connectivity index (χ4v) is 3.13. The molecule has 13 heavy (non-hydrogen) atoms. The summed E-state index contributed by atoms with van der Waals surface area (Å²) in [7, 11) is 0. The summed E-state index contributed by atoms with van der Waals surface area (Å²) >= 11 is 3.47. The molecule has 1 aromatic heterocycles. The molecular weight excluding hydrogens is 202 g/mol. The molecule has 4 heteroatoms. The summed E-state index contributed by atoms with van der Waals surface area (Å²) in [6, 6.07) is 1.94. The van der Waals surface area contributed by atoms with Crippen molar-refractivity contribution >= 4 is 34.7 Å². The Morgan fingerprint density at radius 3 is 3.15 bits per heavy atom. The number of carbonyl (C=O) groups is 1. The predicted molar refractivity (Wildman–Crippen MR) is 58.4 cm³/mol. The highest BCUT2D eigenvalue weighted by Gasteiger charge is 2.22. The van der Waals surface area contributed by atoms with Gasteiger partial charge in [-0.1, -0.05) is 0 Å². The summed E-state index contributed by atoms with van der Waals surface area (Å²) in [5.41, 5.74) is 0.937. The van der Waals surface area contributed by atoms with Crippen molar-refractivity contribution < 1.29 is 4.79 Å². The standard InChI is InChI=1S/C9H11NOS2/c11-9(7-1-3-12-5-7)10-8-2-4-13-6-8/h2,4,6-7H,1,3,5H2,(H,10,11). The van der Waals surface area contributed by atoms with Crippen molar-refractivity contribution in [2.45, 2.75) is 6.42 Å². The number of rotatable bonds is 2. The predicted octanol–water partition coefficient (Wildman–Crippen LogP) is 2.44. The van der Waals surface area contributed by atoms with Crippen LogP contribution in [0.15, 0.2) is 16.8 Å². The molecule has 2 nitrogen and oxygen atoms in total. The largest absolute Gasteiger partial charge is 0.325 e. The minimum Gasteiger partial charge on any atom is -0.325 e. The normalized spacial score (nSPS) is 21.7. The molecule has 1 unspecified atom stereocenters.